The average molecular weight is 197 g/mol. The molecule has 1 aliphatic carbocycles. The molecule has 1 saturated carbocycles. The first-order valence-electron chi connectivity index (χ1n) is 4.60. The molecule has 4 heteroatoms. The van der Waals surface area contributed by atoms with Crippen LogP contribution in [0.1, 0.15) is 26.2 Å². The van der Waals surface area contributed by atoms with Gasteiger partial charge in [0.1, 0.15) is 11.6 Å². The van der Waals surface area contributed by atoms with Gasteiger partial charge in [-0.1, -0.05) is 0 Å². The van der Waals surface area contributed by atoms with E-state index in [1.54, 1.807) is 21.0 Å². The van der Waals surface area contributed by atoms with Gasteiger partial charge in [-0.15, -0.1) is 0 Å². The van der Waals surface area contributed by atoms with Crippen LogP contribution in [0.25, 0.3) is 0 Å². The minimum atomic E-state index is -0.810. The van der Waals surface area contributed by atoms with Gasteiger partial charge < -0.3 is 4.90 Å². The van der Waals surface area contributed by atoms with Crippen LogP contribution in [0.4, 0.5) is 0 Å². The molecule has 0 heterocycles. The van der Waals surface area contributed by atoms with Gasteiger partial charge in [0.25, 0.3) is 0 Å². The van der Waals surface area contributed by atoms with Gasteiger partial charge in [0.2, 0.25) is 5.91 Å². The lowest BCUT2D eigenvalue weighted by atomic mass is 9.73. The number of hydrogen-bond acceptors (Lipinski definition) is 3. The van der Waals surface area contributed by atoms with Gasteiger partial charge in [0.05, 0.1) is 11.8 Å². The Hall–Kier alpha value is -1.19. The molecule has 14 heavy (non-hydrogen) atoms. The van der Waals surface area contributed by atoms with Gasteiger partial charge in [-0.2, -0.15) is 0 Å². The van der Waals surface area contributed by atoms with Crippen molar-refractivity contribution in [1.82, 2.24) is 4.90 Å². The largest absolute Gasteiger partial charge is 0.348 e. The number of rotatable bonds is 1. The van der Waals surface area contributed by atoms with Crippen molar-refractivity contribution in [2.45, 2.75) is 26.2 Å². The van der Waals surface area contributed by atoms with Crippen LogP contribution in [0.15, 0.2) is 0 Å². The Bertz CT molecular complexity index is 278. The van der Waals surface area contributed by atoms with Crippen LogP contribution < -0.4 is 0 Å². The molecule has 0 aliphatic heterocycles. The van der Waals surface area contributed by atoms with E-state index in [0.29, 0.717) is 0 Å². The van der Waals surface area contributed by atoms with Gasteiger partial charge in [-0.25, -0.2) is 0 Å². The SMILES string of the molecule is CN(C)C(=O)C1(C)CC(=O)CC(=O)C1. The lowest BCUT2D eigenvalue weighted by Gasteiger charge is -2.32. The van der Waals surface area contributed by atoms with Crippen molar-refractivity contribution in [2.75, 3.05) is 14.1 Å². The first-order chi connectivity index (χ1) is 6.35. The molecule has 1 aliphatic rings. The molecule has 0 aromatic carbocycles. The second-order valence-corrected chi connectivity index (χ2v) is 4.37. The minimum Gasteiger partial charge on any atom is -0.348 e. The van der Waals surface area contributed by atoms with E-state index in [1.807, 2.05) is 0 Å². The highest BCUT2D eigenvalue weighted by Crippen LogP contribution is 2.33. The second-order valence-electron chi connectivity index (χ2n) is 4.37. The number of ketones is 2. The Labute approximate surface area is 83.3 Å². The molecule has 0 radical (unpaired) electrons. The van der Waals surface area contributed by atoms with E-state index in [2.05, 4.69) is 0 Å². The molecular formula is C10H15NO3. The highest BCUT2D eigenvalue weighted by molar-refractivity contribution is 6.06. The summed E-state index contributed by atoms with van der Waals surface area (Å²) >= 11 is 0. The standard InChI is InChI=1S/C10H15NO3/c1-10(9(14)11(2)3)5-7(12)4-8(13)6-10/h4-6H2,1-3H3. The fourth-order valence-corrected chi connectivity index (χ4v) is 1.97. The molecular weight excluding hydrogens is 182 g/mol. The number of carbonyl (C=O) groups is 3. The number of amides is 1. The number of hydrogen-bond donors (Lipinski definition) is 0. The zero-order chi connectivity index (χ0) is 10.9. The topological polar surface area (TPSA) is 54.5 Å². The zero-order valence-electron chi connectivity index (χ0n) is 8.79. The molecule has 0 aromatic rings. The number of nitrogens with zero attached hydrogens (tertiary/aromatic N) is 1. The summed E-state index contributed by atoms with van der Waals surface area (Å²) in [5.41, 5.74) is -0.810. The summed E-state index contributed by atoms with van der Waals surface area (Å²) < 4.78 is 0. The van der Waals surface area contributed by atoms with Crippen LogP contribution in [0.5, 0.6) is 0 Å². The van der Waals surface area contributed by atoms with Gasteiger partial charge in [0, 0.05) is 26.9 Å². The summed E-state index contributed by atoms with van der Waals surface area (Å²) in [5, 5.41) is 0. The number of carbonyl (C=O) groups excluding carboxylic acids is 3. The molecule has 1 amide bonds. The summed E-state index contributed by atoms with van der Waals surface area (Å²) in [7, 11) is 3.27. The van der Waals surface area contributed by atoms with Crippen molar-refractivity contribution < 1.29 is 14.4 Å². The van der Waals surface area contributed by atoms with Gasteiger partial charge in [-0.05, 0) is 6.92 Å². The van der Waals surface area contributed by atoms with Crippen molar-refractivity contribution in [3.63, 3.8) is 0 Å². The van der Waals surface area contributed by atoms with Gasteiger partial charge in [-0.3, -0.25) is 14.4 Å². The normalized spacial score (nSPS) is 20.8. The summed E-state index contributed by atoms with van der Waals surface area (Å²) in [5.74, 6) is -0.392. The highest BCUT2D eigenvalue weighted by atomic mass is 16.2. The van der Waals surface area contributed by atoms with Crippen LogP contribution in [0.3, 0.4) is 0 Å². The Balaban J connectivity index is 2.88. The molecule has 4 nitrogen and oxygen atoms in total. The van der Waals surface area contributed by atoms with E-state index in [-0.39, 0.29) is 36.7 Å². The maximum absolute atomic E-state index is 11.7. The summed E-state index contributed by atoms with van der Waals surface area (Å²) in [6.07, 6.45) is 0.377. The molecule has 0 bridgehead atoms. The third-order valence-electron chi connectivity index (χ3n) is 2.49. The first kappa shape index (κ1) is 10.9. The molecule has 0 saturated heterocycles. The van der Waals surface area contributed by atoms with Crippen LogP contribution in [0, 0.1) is 5.41 Å². The predicted molar refractivity (Wildman–Crippen MR) is 50.7 cm³/mol. The third-order valence-corrected chi connectivity index (χ3v) is 2.49. The third kappa shape index (κ3) is 2.00. The van der Waals surface area contributed by atoms with Crippen LogP contribution in [0.2, 0.25) is 0 Å². The fourth-order valence-electron chi connectivity index (χ4n) is 1.97. The zero-order valence-corrected chi connectivity index (χ0v) is 8.79. The highest BCUT2D eigenvalue weighted by Gasteiger charge is 2.42. The van der Waals surface area contributed by atoms with Crippen molar-refractivity contribution in [1.29, 1.82) is 0 Å². The Morgan fingerprint density at radius 2 is 1.64 bits per heavy atom. The molecule has 1 fully saturated rings. The monoisotopic (exact) mass is 197 g/mol. The quantitative estimate of drug-likeness (QED) is 0.572. The Morgan fingerprint density at radius 3 is 2.00 bits per heavy atom. The lowest BCUT2D eigenvalue weighted by molar-refractivity contribution is -0.148. The Morgan fingerprint density at radius 1 is 1.21 bits per heavy atom. The Kier molecular flexibility index (Phi) is 2.73. The van der Waals surface area contributed by atoms with Crippen molar-refractivity contribution >= 4 is 17.5 Å². The lowest BCUT2D eigenvalue weighted by Crippen LogP contribution is -2.44. The predicted octanol–water partition coefficient (Wildman–Crippen LogP) is 0.403. The van der Waals surface area contributed by atoms with E-state index >= 15 is 0 Å². The van der Waals surface area contributed by atoms with Crippen LogP contribution >= 0.6 is 0 Å². The molecule has 0 aromatic heterocycles. The molecule has 0 spiro atoms. The van der Waals surface area contributed by atoms with E-state index in [1.165, 1.54) is 4.90 Å². The van der Waals surface area contributed by atoms with E-state index < -0.39 is 5.41 Å². The summed E-state index contributed by atoms with van der Waals surface area (Å²) in [4.78, 5) is 35.6. The smallest absolute Gasteiger partial charge is 0.228 e. The van der Waals surface area contributed by atoms with Crippen molar-refractivity contribution in [3.8, 4) is 0 Å². The van der Waals surface area contributed by atoms with Gasteiger partial charge >= 0.3 is 0 Å². The van der Waals surface area contributed by atoms with Crippen molar-refractivity contribution in [2.24, 2.45) is 5.41 Å². The molecule has 0 N–H and O–H groups in total. The first-order valence-corrected chi connectivity index (χ1v) is 4.60. The minimum absolute atomic E-state index is 0.00367. The molecule has 1 rings (SSSR count). The van der Waals surface area contributed by atoms with E-state index in [0.717, 1.165) is 0 Å². The molecule has 0 unspecified atom stereocenters. The summed E-state index contributed by atoms with van der Waals surface area (Å²) in [6.45, 7) is 1.68. The number of Topliss-reactive ketones (excluding diaryl/α,β-unsaturated/α-hetero) is 2. The average Bonchev–Trinajstić information content (AvgIpc) is 1.99. The van der Waals surface area contributed by atoms with Crippen LogP contribution in [-0.2, 0) is 14.4 Å². The van der Waals surface area contributed by atoms with Gasteiger partial charge in [0.15, 0.2) is 0 Å². The van der Waals surface area contributed by atoms with Crippen LogP contribution in [-0.4, -0.2) is 36.5 Å². The molecule has 0 atom stereocenters. The van der Waals surface area contributed by atoms with E-state index in [9.17, 15) is 14.4 Å². The maximum atomic E-state index is 11.7. The summed E-state index contributed by atoms with van der Waals surface area (Å²) in [6, 6.07) is 0. The van der Waals surface area contributed by atoms with E-state index in [4.69, 9.17) is 0 Å². The van der Waals surface area contributed by atoms with Crippen molar-refractivity contribution in [3.05, 3.63) is 0 Å². The fraction of sp³-hybridized carbons (Fsp3) is 0.700. The maximum Gasteiger partial charge on any atom is 0.228 e. The second kappa shape index (κ2) is 3.52. The molecule has 78 valence electrons.